The smallest absolute Gasteiger partial charge is 0.416 e. The number of benzene rings is 1. The van der Waals surface area contributed by atoms with Crippen LogP contribution in [0.2, 0.25) is 0 Å². The Labute approximate surface area is 107 Å². The molecule has 19 heavy (non-hydrogen) atoms. The molecule has 0 saturated heterocycles. The zero-order valence-corrected chi connectivity index (χ0v) is 10.2. The number of hydrogen-bond donors (Lipinski definition) is 0. The van der Waals surface area contributed by atoms with Crippen LogP contribution in [0.5, 0.6) is 0 Å². The average molecular weight is 291 g/mol. The van der Waals surface area contributed by atoms with Crippen LogP contribution in [0.25, 0.3) is 0 Å². The van der Waals surface area contributed by atoms with Crippen molar-refractivity contribution in [1.29, 1.82) is 0 Å². The molecule has 8 heteroatoms. The van der Waals surface area contributed by atoms with Gasteiger partial charge in [-0.3, -0.25) is 0 Å². The van der Waals surface area contributed by atoms with Crippen LogP contribution in [0.1, 0.15) is 11.1 Å². The maximum atomic E-state index is 12.5. The molecule has 102 valence electrons. The third kappa shape index (κ3) is 3.57. The van der Waals surface area contributed by atoms with Crippen molar-refractivity contribution in [3.63, 3.8) is 0 Å². The predicted octanol–water partition coefficient (Wildman–Crippen LogP) is 2.48. The van der Waals surface area contributed by atoms with Crippen LogP contribution >= 0.6 is 0 Å². The van der Waals surface area contributed by atoms with Gasteiger partial charge in [-0.1, -0.05) is 12.1 Å². The second-order valence-corrected chi connectivity index (χ2v) is 5.23. The zero-order valence-electron chi connectivity index (χ0n) is 9.39. The highest BCUT2D eigenvalue weighted by atomic mass is 32.2. The number of nitrogens with zero attached hydrogens (tertiary/aromatic N) is 1. The van der Waals surface area contributed by atoms with E-state index in [1.54, 1.807) is 0 Å². The van der Waals surface area contributed by atoms with E-state index in [0.29, 0.717) is 0 Å². The monoisotopic (exact) mass is 291 g/mol. The zero-order chi connectivity index (χ0) is 14.1. The molecule has 1 aromatic carbocycles. The maximum Gasteiger partial charge on any atom is 0.416 e. The standard InChI is InChI=1S/C11H8F3NO3S/c12-11(13,14)9-3-1-2-8(4-9)6-18-10-5-15-19(16,17)7-10/h1-5,7H,6H2. The molecule has 0 N–H and O–H groups in total. The summed E-state index contributed by atoms with van der Waals surface area (Å²) in [6, 6.07) is 4.61. The van der Waals surface area contributed by atoms with E-state index in [4.69, 9.17) is 4.74 Å². The first kappa shape index (κ1) is 13.6. The van der Waals surface area contributed by atoms with Gasteiger partial charge in [0.2, 0.25) is 0 Å². The van der Waals surface area contributed by atoms with E-state index in [1.807, 2.05) is 0 Å². The topological polar surface area (TPSA) is 55.7 Å². The number of hydrogen-bond acceptors (Lipinski definition) is 3. The molecule has 0 amide bonds. The summed E-state index contributed by atoms with van der Waals surface area (Å²) in [5.41, 5.74) is -0.497. The van der Waals surface area contributed by atoms with E-state index in [2.05, 4.69) is 4.40 Å². The molecule has 2 rings (SSSR count). The molecular weight excluding hydrogens is 283 g/mol. The SMILES string of the molecule is O=S1(=O)C=C(OCc2cccc(C(F)(F)F)c2)C=N1. The van der Waals surface area contributed by atoms with Gasteiger partial charge < -0.3 is 4.74 Å². The molecule has 0 unspecified atom stereocenters. The van der Waals surface area contributed by atoms with E-state index >= 15 is 0 Å². The van der Waals surface area contributed by atoms with Crippen LogP contribution in [0, 0.1) is 0 Å². The molecule has 1 heterocycles. The maximum absolute atomic E-state index is 12.5. The summed E-state index contributed by atoms with van der Waals surface area (Å²) < 4.78 is 67.5. The fourth-order valence-electron chi connectivity index (χ4n) is 1.41. The first-order valence-corrected chi connectivity index (χ1v) is 6.58. The summed E-state index contributed by atoms with van der Waals surface area (Å²) in [6.07, 6.45) is -3.42. The molecule has 0 atom stereocenters. The fourth-order valence-corrected chi connectivity index (χ4v) is 2.14. The van der Waals surface area contributed by atoms with Gasteiger partial charge in [0.25, 0.3) is 10.0 Å². The molecular formula is C11H8F3NO3S. The van der Waals surface area contributed by atoms with Gasteiger partial charge in [-0.05, 0) is 17.7 Å². The number of allylic oxidation sites excluding steroid dienone is 1. The van der Waals surface area contributed by atoms with Crippen molar-refractivity contribution in [3.05, 3.63) is 46.6 Å². The first-order chi connectivity index (χ1) is 8.76. The Hall–Kier alpha value is -1.83. The Kier molecular flexibility index (Phi) is 3.36. The van der Waals surface area contributed by atoms with Gasteiger partial charge in [0, 0.05) is 0 Å². The van der Waals surface area contributed by atoms with E-state index in [0.717, 1.165) is 23.8 Å². The molecule has 4 nitrogen and oxygen atoms in total. The lowest BCUT2D eigenvalue weighted by Crippen LogP contribution is -2.05. The molecule has 0 radical (unpaired) electrons. The second-order valence-electron chi connectivity index (χ2n) is 3.76. The van der Waals surface area contributed by atoms with Gasteiger partial charge in [0.05, 0.1) is 17.2 Å². The minimum Gasteiger partial charge on any atom is -0.486 e. The molecule has 0 aromatic heterocycles. The van der Waals surface area contributed by atoms with Crippen molar-refractivity contribution in [1.82, 2.24) is 0 Å². The lowest BCUT2D eigenvalue weighted by atomic mass is 10.1. The minimum atomic E-state index is -4.42. The molecule has 0 saturated carbocycles. The quantitative estimate of drug-likeness (QED) is 0.859. The normalized spacial score (nSPS) is 17.3. The second kappa shape index (κ2) is 4.69. The lowest BCUT2D eigenvalue weighted by molar-refractivity contribution is -0.137. The molecule has 0 spiro atoms. The lowest BCUT2D eigenvalue weighted by Gasteiger charge is -2.09. The molecule has 0 fully saturated rings. The Morgan fingerprint density at radius 3 is 2.58 bits per heavy atom. The summed E-state index contributed by atoms with van der Waals surface area (Å²) >= 11 is 0. The number of alkyl halides is 3. The number of rotatable bonds is 3. The third-order valence-corrected chi connectivity index (χ3v) is 3.18. The van der Waals surface area contributed by atoms with Gasteiger partial charge in [-0.15, -0.1) is 0 Å². The highest BCUT2D eigenvalue weighted by Crippen LogP contribution is 2.29. The number of ether oxygens (including phenoxy) is 1. The van der Waals surface area contributed by atoms with Crippen LogP contribution in [0.4, 0.5) is 13.2 Å². The van der Waals surface area contributed by atoms with Gasteiger partial charge >= 0.3 is 6.18 Å². The summed E-state index contributed by atoms with van der Waals surface area (Å²) in [5, 5.41) is 0.806. The first-order valence-electron chi connectivity index (χ1n) is 5.07. The highest BCUT2D eigenvalue weighted by Gasteiger charge is 2.30. The Morgan fingerprint density at radius 1 is 1.26 bits per heavy atom. The van der Waals surface area contributed by atoms with Crippen molar-refractivity contribution < 1.29 is 26.3 Å². The van der Waals surface area contributed by atoms with Crippen LogP contribution < -0.4 is 0 Å². The van der Waals surface area contributed by atoms with Crippen LogP contribution in [0.3, 0.4) is 0 Å². The summed E-state index contributed by atoms with van der Waals surface area (Å²) in [4.78, 5) is 0. The Morgan fingerprint density at radius 2 is 2.00 bits per heavy atom. The number of sulfonamides is 1. The summed E-state index contributed by atoms with van der Waals surface area (Å²) in [7, 11) is -3.63. The van der Waals surface area contributed by atoms with Crippen LogP contribution in [-0.4, -0.2) is 14.6 Å². The van der Waals surface area contributed by atoms with E-state index in [9.17, 15) is 21.6 Å². The van der Waals surface area contributed by atoms with Crippen molar-refractivity contribution >= 4 is 16.2 Å². The van der Waals surface area contributed by atoms with Gasteiger partial charge in [-0.2, -0.15) is 26.0 Å². The molecule has 1 aliphatic rings. The number of halogens is 3. The molecule has 0 bridgehead atoms. The molecule has 1 aliphatic heterocycles. The van der Waals surface area contributed by atoms with E-state index < -0.39 is 21.8 Å². The van der Waals surface area contributed by atoms with E-state index in [-0.39, 0.29) is 17.9 Å². The summed E-state index contributed by atoms with van der Waals surface area (Å²) in [6.45, 7) is -0.169. The van der Waals surface area contributed by atoms with Crippen molar-refractivity contribution in [2.45, 2.75) is 12.8 Å². The van der Waals surface area contributed by atoms with Gasteiger partial charge in [-0.25, -0.2) is 0 Å². The molecule has 1 aromatic rings. The minimum absolute atomic E-state index is 0.00240. The Bertz CT molecular complexity index is 647. The summed E-state index contributed by atoms with van der Waals surface area (Å²) in [5.74, 6) is -0.00240. The van der Waals surface area contributed by atoms with E-state index in [1.165, 1.54) is 12.1 Å². The van der Waals surface area contributed by atoms with Crippen LogP contribution in [0.15, 0.2) is 39.8 Å². The van der Waals surface area contributed by atoms with Crippen molar-refractivity contribution in [2.75, 3.05) is 0 Å². The largest absolute Gasteiger partial charge is 0.486 e. The van der Waals surface area contributed by atoms with Gasteiger partial charge in [0.15, 0.2) is 5.76 Å². The van der Waals surface area contributed by atoms with Crippen molar-refractivity contribution in [3.8, 4) is 0 Å². The van der Waals surface area contributed by atoms with Crippen molar-refractivity contribution in [2.24, 2.45) is 4.40 Å². The Balaban J connectivity index is 2.08. The highest BCUT2D eigenvalue weighted by molar-refractivity contribution is 7.93. The predicted molar refractivity (Wildman–Crippen MR) is 61.7 cm³/mol. The van der Waals surface area contributed by atoms with Crippen LogP contribution in [-0.2, 0) is 27.5 Å². The molecule has 0 aliphatic carbocycles. The van der Waals surface area contributed by atoms with Gasteiger partial charge in [0.1, 0.15) is 6.61 Å². The average Bonchev–Trinajstić information content (AvgIpc) is 2.66. The third-order valence-electron chi connectivity index (χ3n) is 2.25. The fraction of sp³-hybridized carbons (Fsp3) is 0.182.